The minimum absolute atomic E-state index is 0.178. The Labute approximate surface area is 109 Å². The van der Waals surface area contributed by atoms with E-state index in [0.717, 1.165) is 4.90 Å². The van der Waals surface area contributed by atoms with E-state index in [2.05, 4.69) is 9.47 Å². The van der Waals surface area contributed by atoms with Crippen molar-refractivity contribution in [3.05, 3.63) is 0 Å². The second-order valence-corrected chi connectivity index (χ2v) is 3.73. The molecule has 0 aliphatic rings. The van der Waals surface area contributed by atoms with Gasteiger partial charge in [0.25, 0.3) is 0 Å². The highest BCUT2D eigenvalue weighted by Crippen LogP contribution is 2.14. The smallest absolute Gasteiger partial charge is 0.411 e. The molecule has 19 heavy (non-hydrogen) atoms. The van der Waals surface area contributed by atoms with Crippen LogP contribution in [0.3, 0.4) is 0 Å². The number of ether oxygens (including phenoxy) is 2. The number of carbonyl (C=O) groups is 2. The Bertz CT molecular complexity index is 294. The van der Waals surface area contributed by atoms with Crippen LogP contribution >= 0.6 is 0 Å². The molecule has 0 bridgehead atoms. The summed E-state index contributed by atoms with van der Waals surface area (Å²) >= 11 is 0. The molecule has 0 N–H and O–H groups in total. The number of carbonyl (C=O) groups excluding carboxylic acids is 2. The molecule has 0 heterocycles. The summed E-state index contributed by atoms with van der Waals surface area (Å²) in [5.41, 5.74) is 0. The first-order valence-corrected chi connectivity index (χ1v) is 5.88. The summed E-state index contributed by atoms with van der Waals surface area (Å²) in [6, 6.07) is 0. The van der Waals surface area contributed by atoms with Crippen LogP contribution in [0.1, 0.15) is 20.3 Å². The molecule has 0 radical (unpaired) electrons. The van der Waals surface area contributed by atoms with E-state index in [9.17, 15) is 22.8 Å². The van der Waals surface area contributed by atoms with Gasteiger partial charge in [0.1, 0.15) is 19.8 Å². The van der Waals surface area contributed by atoms with E-state index in [0.29, 0.717) is 6.42 Å². The average Bonchev–Trinajstić information content (AvgIpc) is 2.27. The molecular weight excluding hydrogens is 267 g/mol. The third-order valence-electron chi connectivity index (χ3n) is 1.96. The largest absolute Gasteiger partial charge is 0.465 e. The summed E-state index contributed by atoms with van der Waals surface area (Å²) in [6.45, 7) is 1.36. The number of halogens is 3. The molecule has 1 amide bonds. The van der Waals surface area contributed by atoms with E-state index in [1.165, 1.54) is 0 Å². The fraction of sp³-hybridized carbons (Fsp3) is 0.818. The molecule has 8 heteroatoms. The van der Waals surface area contributed by atoms with Crippen LogP contribution in [0.25, 0.3) is 0 Å². The van der Waals surface area contributed by atoms with Gasteiger partial charge in [-0.15, -0.1) is 0 Å². The van der Waals surface area contributed by atoms with Crippen LogP contribution in [0.15, 0.2) is 0 Å². The highest BCUT2D eigenvalue weighted by atomic mass is 19.4. The molecule has 0 rings (SSSR count). The zero-order valence-electron chi connectivity index (χ0n) is 11.0. The molecule has 0 aromatic heterocycles. The predicted molar refractivity (Wildman–Crippen MR) is 60.4 cm³/mol. The van der Waals surface area contributed by atoms with Gasteiger partial charge in [-0.25, -0.2) is 0 Å². The first kappa shape index (κ1) is 17.7. The molecule has 0 unspecified atom stereocenters. The summed E-state index contributed by atoms with van der Waals surface area (Å²) in [7, 11) is 0. The number of alkyl halides is 3. The molecule has 0 atom stereocenters. The summed E-state index contributed by atoms with van der Waals surface area (Å²) in [4.78, 5) is 23.9. The van der Waals surface area contributed by atoms with Crippen molar-refractivity contribution in [2.45, 2.75) is 26.4 Å². The zero-order chi connectivity index (χ0) is 14.9. The lowest BCUT2D eigenvalue weighted by Gasteiger charge is -2.21. The van der Waals surface area contributed by atoms with Gasteiger partial charge in [-0.1, -0.05) is 6.92 Å². The average molecular weight is 285 g/mol. The van der Waals surface area contributed by atoms with Crippen molar-refractivity contribution in [2.24, 2.45) is 0 Å². The Morgan fingerprint density at radius 1 is 1.21 bits per heavy atom. The van der Waals surface area contributed by atoms with Crippen molar-refractivity contribution >= 4 is 11.9 Å². The Balaban J connectivity index is 4.21. The van der Waals surface area contributed by atoms with Gasteiger partial charge in [-0.05, 0) is 13.3 Å². The number of esters is 1. The monoisotopic (exact) mass is 285 g/mol. The first-order valence-electron chi connectivity index (χ1n) is 5.88. The lowest BCUT2D eigenvalue weighted by Crippen LogP contribution is -2.39. The number of hydrogen-bond acceptors (Lipinski definition) is 4. The van der Waals surface area contributed by atoms with Crippen LogP contribution < -0.4 is 0 Å². The van der Waals surface area contributed by atoms with Crippen molar-refractivity contribution in [3.63, 3.8) is 0 Å². The Morgan fingerprint density at radius 3 is 2.32 bits per heavy atom. The van der Waals surface area contributed by atoms with Crippen LogP contribution in [0.4, 0.5) is 13.2 Å². The fourth-order valence-electron chi connectivity index (χ4n) is 1.27. The van der Waals surface area contributed by atoms with E-state index in [1.807, 2.05) is 0 Å². The number of amides is 1. The van der Waals surface area contributed by atoms with Gasteiger partial charge < -0.3 is 14.4 Å². The van der Waals surface area contributed by atoms with Gasteiger partial charge in [0, 0.05) is 6.54 Å². The normalized spacial score (nSPS) is 11.2. The fourth-order valence-corrected chi connectivity index (χ4v) is 1.27. The van der Waals surface area contributed by atoms with E-state index in [4.69, 9.17) is 0 Å². The van der Waals surface area contributed by atoms with E-state index >= 15 is 0 Å². The molecule has 0 saturated heterocycles. The second-order valence-electron chi connectivity index (χ2n) is 3.73. The highest BCUT2D eigenvalue weighted by Gasteiger charge is 2.28. The molecule has 0 fully saturated rings. The van der Waals surface area contributed by atoms with Crippen LogP contribution in [0, 0.1) is 0 Å². The molecular formula is C11H18F3NO4. The van der Waals surface area contributed by atoms with Crippen molar-refractivity contribution in [1.29, 1.82) is 0 Å². The van der Waals surface area contributed by atoms with E-state index < -0.39 is 31.3 Å². The molecule has 112 valence electrons. The maximum atomic E-state index is 11.8. The minimum Gasteiger partial charge on any atom is -0.465 e. The summed E-state index contributed by atoms with van der Waals surface area (Å²) in [5, 5.41) is 0. The highest BCUT2D eigenvalue weighted by molar-refractivity contribution is 5.82. The molecule has 0 aliphatic heterocycles. The van der Waals surface area contributed by atoms with E-state index in [-0.39, 0.29) is 19.7 Å². The molecule has 0 saturated carbocycles. The first-order chi connectivity index (χ1) is 8.80. The number of hydrogen-bond donors (Lipinski definition) is 0. The van der Waals surface area contributed by atoms with Crippen molar-refractivity contribution in [2.75, 3.05) is 32.9 Å². The molecule has 5 nitrogen and oxygen atoms in total. The van der Waals surface area contributed by atoms with Gasteiger partial charge in [0.05, 0.1) is 6.61 Å². The summed E-state index contributed by atoms with van der Waals surface area (Å²) in [5.74, 6) is -1.26. The van der Waals surface area contributed by atoms with Gasteiger partial charge in [-0.3, -0.25) is 9.59 Å². The van der Waals surface area contributed by atoms with Crippen molar-refractivity contribution < 1.29 is 32.2 Å². The Hall–Kier alpha value is -1.31. The summed E-state index contributed by atoms with van der Waals surface area (Å²) < 4.78 is 44.5. The minimum atomic E-state index is -4.48. The lowest BCUT2D eigenvalue weighted by atomic mass is 10.4. The molecule has 0 aromatic carbocycles. The SMILES string of the molecule is CCCN(CC(=O)OCC)C(=O)COCC(F)(F)F. The molecule has 0 spiro atoms. The number of nitrogens with zero attached hydrogens (tertiary/aromatic N) is 1. The van der Waals surface area contributed by atoms with Crippen molar-refractivity contribution in [1.82, 2.24) is 4.90 Å². The third-order valence-corrected chi connectivity index (χ3v) is 1.96. The van der Waals surface area contributed by atoms with Gasteiger partial charge in [0.15, 0.2) is 0 Å². The van der Waals surface area contributed by atoms with Crippen LogP contribution in [0.2, 0.25) is 0 Å². The van der Waals surface area contributed by atoms with Crippen LogP contribution in [-0.2, 0) is 19.1 Å². The Morgan fingerprint density at radius 2 is 1.84 bits per heavy atom. The van der Waals surface area contributed by atoms with Gasteiger partial charge in [0.2, 0.25) is 5.91 Å². The third kappa shape index (κ3) is 9.29. The maximum absolute atomic E-state index is 11.8. The summed E-state index contributed by atoms with van der Waals surface area (Å²) in [6.07, 6.45) is -3.90. The standard InChI is InChI=1S/C11H18F3NO4/c1-3-5-15(6-10(17)19-4-2)9(16)7-18-8-11(12,13)14/h3-8H2,1-2H3. The van der Waals surface area contributed by atoms with Crippen LogP contribution in [-0.4, -0.2) is 55.9 Å². The molecule has 0 aromatic rings. The molecule has 0 aliphatic carbocycles. The van der Waals surface area contributed by atoms with Crippen LogP contribution in [0.5, 0.6) is 0 Å². The van der Waals surface area contributed by atoms with Gasteiger partial charge >= 0.3 is 12.1 Å². The zero-order valence-corrected chi connectivity index (χ0v) is 11.0. The van der Waals surface area contributed by atoms with Gasteiger partial charge in [-0.2, -0.15) is 13.2 Å². The van der Waals surface area contributed by atoms with Crippen molar-refractivity contribution in [3.8, 4) is 0 Å². The maximum Gasteiger partial charge on any atom is 0.411 e. The Kier molecular flexibility index (Phi) is 8.13. The quantitative estimate of drug-likeness (QED) is 0.632. The lowest BCUT2D eigenvalue weighted by molar-refractivity contribution is -0.178. The topological polar surface area (TPSA) is 55.8 Å². The predicted octanol–water partition coefficient (Wildman–Crippen LogP) is 1.37. The van der Waals surface area contributed by atoms with E-state index in [1.54, 1.807) is 13.8 Å². The number of rotatable bonds is 8. The second kappa shape index (κ2) is 8.73.